The largest absolute Gasteiger partial charge is 0.231 e. The molecule has 0 saturated carbocycles. The second kappa shape index (κ2) is 7.88. The molecule has 0 spiro atoms. The Labute approximate surface area is 181 Å². The molecule has 148 valence electrons. The molecule has 3 aromatic carbocycles. The standard InChI is InChI=1S/C26H23N3S/c1-18-13-14-19(2)22(15-18)24-17-30-26(27-24)29-25(21-11-7-4-8-12-21)16-23(28-29)20-9-5-3-6-10-20/h3-15,17,25H,16H2,1-2H3/t25-/m0/s1. The zero-order chi connectivity index (χ0) is 20.5. The van der Waals surface area contributed by atoms with Crippen molar-refractivity contribution in [3.05, 3.63) is 106 Å². The first-order valence-electron chi connectivity index (χ1n) is 10.2. The Morgan fingerprint density at radius 3 is 2.40 bits per heavy atom. The SMILES string of the molecule is Cc1ccc(C)c(-c2csc(N3N=C(c4ccccc4)C[C@H]3c3ccccc3)n2)c1. The summed E-state index contributed by atoms with van der Waals surface area (Å²) in [5, 5.41) is 10.2. The Morgan fingerprint density at radius 1 is 0.900 bits per heavy atom. The first kappa shape index (κ1) is 18.8. The molecule has 0 saturated heterocycles. The molecule has 1 aliphatic heterocycles. The highest BCUT2D eigenvalue weighted by molar-refractivity contribution is 7.14. The van der Waals surface area contributed by atoms with Gasteiger partial charge in [0.05, 0.1) is 17.4 Å². The lowest BCUT2D eigenvalue weighted by Crippen LogP contribution is -2.18. The Hall–Kier alpha value is -3.24. The van der Waals surface area contributed by atoms with E-state index < -0.39 is 0 Å². The third-order valence-electron chi connectivity index (χ3n) is 5.56. The summed E-state index contributed by atoms with van der Waals surface area (Å²) in [5.74, 6) is 0. The number of aromatic nitrogens is 1. The molecule has 0 N–H and O–H groups in total. The average Bonchev–Trinajstić information content (AvgIpc) is 3.44. The van der Waals surface area contributed by atoms with Crippen molar-refractivity contribution >= 4 is 22.2 Å². The predicted octanol–water partition coefficient (Wildman–Crippen LogP) is 6.78. The maximum atomic E-state index is 5.03. The zero-order valence-corrected chi connectivity index (χ0v) is 17.9. The third kappa shape index (κ3) is 3.55. The van der Waals surface area contributed by atoms with Crippen LogP contribution in [0.2, 0.25) is 0 Å². The van der Waals surface area contributed by atoms with Gasteiger partial charge in [-0.05, 0) is 36.6 Å². The van der Waals surface area contributed by atoms with E-state index in [9.17, 15) is 0 Å². The Balaban J connectivity index is 1.55. The van der Waals surface area contributed by atoms with Crippen molar-refractivity contribution < 1.29 is 0 Å². The molecule has 4 aromatic rings. The van der Waals surface area contributed by atoms with Gasteiger partial charge in [0.15, 0.2) is 0 Å². The molecule has 1 aliphatic rings. The van der Waals surface area contributed by atoms with Crippen LogP contribution in [0.5, 0.6) is 0 Å². The number of hydrazone groups is 1. The van der Waals surface area contributed by atoms with Crippen molar-refractivity contribution in [1.82, 2.24) is 4.98 Å². The van der Waals surface area contributed by atoms with Crippen LogP contribution in [0.3, 0.4) is 0 Å². The molecule has 3 nitrogen and oxygen atoms in total. The monoisotopic (exact) mass is 409 g/mol. The van der Waals surface area contributed by atoms with Crippen molar-refractivity contribution in [2.45, 2.75) is 26.3 Å². The van der Waals surface area contributed by atoms with Gasteiger partial charge in [-0.25, -0.2) is 9.99 Å². The van der Waals surface area contributed by atoms with Crippen LogP contribution in [0.25, 0.3) is 11.3 Å². The topological polar surface area (TPSA) is 28.5 Å². The fourth-order valence-corrected chi connectivity index (χ4v) is 4.76. The van der Waals surface area contributed by atoms with Crippen LogP contribution in [-0.4, -0.2) is 10.7 Å². The van der Waals surface area contributed by atoms with E-state index in [-0.39, 0.29) is 6.04 Å². The first-order chi connectivity index (χ1) is 14.7. The van der Waals surface area contributed by atoms with Crippen molar-refractivity contribution in [2.75, 3.05) is 5.01 Å². The average molecular weight is 410 g/mol. The molecule has 0 radical (unpaired) electrons. The van der Waals surface area contributed by atoms with E-state index in [0.29, 0.717) is 0 Å². The van der Waals surface area contributed by atoms with E-state index in [4.69, 9.17) is 10.1 Å². The maximum Gasteiger partial charge on any atom is 0.207 e. The molecule has 0 fully saturated rings. The van der Waals surface area contributed by atoms with Crippen molar-refractivity contribution in [1.29, 1.82) is 0 Å². The van der Waals surface area contributed by atoms with E-state index in [1.54, 1.807) is 11.3 Å². The van der Waals surface area contributed by atoms with Gasteiger partial charge >= 0.3 is 0 Å². The summed E-state index contributed by atoms with van der Waals surface area (Å²) in [6, 6.07) is 27.7. The van der Waals surface area contributed by atoms with Crippen molar-refractivity contribution in [3.63, 3.8) is 0 Å². The molecule has 30 heavy (non-hydrogen) atoms. The fourth-order valence-electron chi connectivity index (χ4n) is 3.93. The summed E-state index contributed by atoms with van der Waals surface area (Å²) in [5.41, 5.74) is 8.24. The van der Waals surface area contributed by atoms with Crippen LogP contribution < -0.4 is 5.01 Å². The Kier molecular flexibility index (Phi) is 4.93. The minimum absolute atomic E-state index is 0.152. The minimum Gasteiger partial charge on any atom is -0.231 e. The normalized spacial score (nSPS) is 16.0. The number of benzene rings is 3. The van der Waals surface area contributed by atoms with Gasteiger partial charge in [0, 0.05) is 17.4 Å². The van der Waals surface area contributed by atoms with Gasteiger partial charge in [-0.3, -0.25) is 0 Å². The van der Waals surface area contributed by atoms with Crippen LogP contribution >= 0.6 is 11.3 Å². The lowest BCUT2D eigenvalue weighted by atomic mass is 9.99. The number of aryl methyl sites for hydroxylation is 2. The van der Waals surface area contributed by atoms with Gasteiger partial charge in [-0.15, -0.1) is 11.3 Å². The number of thiazole rings is 1. The number of hydrogen-bond donors (Lipinski definition) is 0. The van der Waals surface area contributed by atoms with E-state index in [2.05, 4.69) is 97.0 Å². The van der Waals surface area contributed by atoms with E-state index in [0.717, 1.165) is 23.0 Å². The lowest BCUT2D eigenvalue weighted by molar-refractivity contribution is 0.706. The summed E-state index contributed by atoms with van der Waals surface area (Å²) in [6.45, 7) is 4.26. The van der Waals surface area contributed by atoms with E-state index in [1.807, 2.05) is 6.07 Å². The highest BCUT2D eigenvalue weighted by atomic mass is 32.1. The van der Waals surface area contributed by atoms with Gasteiger partial charge in [-0.2, -0.15) is 5.10 Å². The van der Waals surface area contributed by atoms with Gasteiger partial charge in [0.2, 0.25) is 5.13 Å². The van der Waals surface area contributed by atoms with Gasteiger partial charge in [0.1, 0.15) is 0 Å². The summed E-state index contributed by atoms with van der Waals surface area (Å²) in [7, 11) is 0. The second-order valence-corrected chi connectivity index (χ2v) is 8.56. The van der Waals surface area contributed by atoms with Gasteiger partial charge in [0.25, 0.3) is 0 Å². The number of nitrogens with zero attached hydrogens (tertiary/aromatic N) is 3. The summed E-state index contributed by atoms with van der Waals surface area (Å²) < 4.78 is 0. The predicted molar refractivity (Wildman–Crippen MR) is 126 cm³/mol. The van der Waals surface area contributed by atoms with Crippen LogP contribution in [0, 0.1) is 13.8 Å². The van der Waals surface area contributed by atoms with Gasteiger partial charge in [-0.1, -0.05) is 78.4 Å². The summed E-state index contributed by atoms with van der Waals surface area (Å²) in [4.78, 5) is 5.01. The summed E-state index contributed by atoms with van der Waals surface area (Å²) >= 11 is 1.66. The molecule has 0 aliphatic carbocycles. The first-order valence-corrected chi connectivity index (χ1v) is 11.1. The third-order valence-corrected chi connectivity index (χ3v) is 6.39. The summed E-state index contributed by atoms with van der Waals surface area (Å²) in [6.07, 6.45) is 0.867. The smallest absolute Gasteiger partial charge is 0.207 e. The fraction of sp³-hybridized carbons (Fsp3) is 0.154. The number of hydrogen-bond acceptors (Lipinski definition) is 4. The minimum atomic E-state index is 0.152. The molecule has 0 unspecified atom stereocenters. The molecule has 4 heteroatoms. The second-order valence-electron chi connectivity index (χ2n) is 7.72. The van der Waals surface area contributed by atoms with Crippen LogP contribution in [0.4, 0.5) is 5.13 Å². The highest BCUT2D eigenvalue weighted by Crippen LogP contribution is 2.39. The van der Waals surface area contributed by atoms with Crippen molar-refractivity contribution in [3.8, 4) is 11.3 Å². The zero-order valence-electron chi connectivity index (χ0n) is 17.1. The van der Waals surface area contributed by atoms with Gasteiger partial charge < -0.3 is 0 Å². The molecule has 0 amide bonds. The molecular formula is C26H23N3S. The van der Waals surface area contributed by atoms with E-state index >= 15 is 0 Å². The molecule has 1 aromatic heterocycles. The number of anilines is 1. The molecule has 1 atom stereocenters. The Morgan fingerprint density at radius 2 is 1.63 bits per heavy atom. The molecule has 5 rings (SSSR count). The van der Waals surface area contributed by atoms with Crippen LogP contribution in [-0.2, 0) is 0 Å². The molecule has 0 bridgehead atoms. The highest BCUT2D eigenvalue weighted by Gasteiger charge is 2.31. The number of rotatable bonds is 4. The quantitative estimate of drug-likeness (QED) is 0.371. The molecule has 2 heterocycles. The lowest BCUT2D eigenvalue weighted by Gasteiger charge is -2.21. The van der Waals surface area contributed by atoms with Crippen LogP contribution in [0.1, 0.15) is 34.7 Å². The Bertz CT molecular complexity index is 1200. The van der Waals surface area contributed by atoms with Crippen LogP contribution in [0.15, 0.2) is 89.3 Å². The molecular weight excluding hydrogens is 386 g/mol. The maximum absolute atomic E-state index is 5.03. The van der Waals surface area contributed by atoms with Crippen molar-refractivity contribution in [2.24, 2.45) is 5.10 Å². The van der Waals surface area contributed by atoms with E-state index in [1.165, 1.54) is 27.8 Å².